The third-order valence-corrected chi connectivity index (χ3v) is 4.85. The first-order valence-corrected chi connectivity index (χ1v) is 10.9. The largest absolute Gasteiger partial charge is 2.00 e. The molecule has 0 bridgehead atoms. The minimum Gasteiger partial charge on any atom is -0.478 e. The Morgan fingerprint density at radius 1 is 0.610 bits per heavy atom. The van der Waals surface area contributed by atoms with Crippen molar-refractivity contribution in [2.45, 2.75) is 12.4 Å². The van der Waals surface area contributed by atoms with Gasteiger partial charge in [0.05, 0.1) is 22.3 Å². The van der Waals surface area contributed by atoms with Crippen LogP contribution in [-0.4, -0.2) is 32.1 Å². The van der Waals surface area contributed by atoms with Gasteiger partial charge in [0.25, 0.3) is 0 Å². The van der Waals surface area contributed by atoms with Crippen LogP contribution in [-0.2, 0) is 29.4 Å². The van der Waals surface area contributed by atoms with E-state index in [1.807, 2.05) is 0 Å². The summed E-state index contributed by atoms with van der Waals surface area (Å²) in [7, 11) is 0. The Labute approximate surface area is 238 Å². The number of hydrogen-bond donors (Lipinski definition) is 2. The molecule has 2 aromatic heterocycles. The summed E-state index contributed by atoms with van der Waals surface area (Å²) in [6.07, 6.45) is -6.33. The van der Waals surface area contributed by atoms with Crippen LogP contribution in [0.3, 0.4) is 0 Å². The SMILES string of the molecule is O=C(O)c1cccnc1[N-]c1cccc(C(F)(F)F)c1.O=C(O)c1cccnc1[N-]c1cccc(C(F)(F)F)c1.[Cu+2]. The van der Waals surface area contributed by atoms with Gasteiger partial charge in [-0.25, -0.2) is 9.59 Å². The fourth-order valence-electron chi connectivity index (χ4n) is 3.05. The number of alkyl halides is 6. The fourth-order valence-corrected chi connectivity index (χ4v) is 3.05. The summed E-state index contributed by atoms with van der Waals surface area (Å²) in [5, 5.41) is 25.6. The molecule has 15 heteroatoms. The van der Waals surface area contributed by atoms with Crippen molar-refractivity contribution in [3.8, 4) is 0 Å². The number of carboxylic acids is 2. The molecule has 0 aliphatic carbocycles. The minimum absolute atomic E-state index is 0. The van der Waals surface area contributed by atoms with Gasteiger partial charge in [0, 0.05) is 0 Å². The summed E-state index contributed by atoms with van der Waals surface area (Å²) < 4.78 is 75.4. The molecule has 0 saturated heterocycles. The van der Waals surface area contributed by atoms with Crippen molar-refractivity contribution in [1.82, 2.24) is 9.97 Å². The van der Waals surface area contributed by atoms with E-state index < -0.39 is 35.4 Å². The number of aromatic carboxylic acids is 2. The number of nitrogens with zero attached hydrogens (tertiary/aromatic N) is 4. The van der Waals surface area contributed by atoms with Crippen molar-refractivity contribution >= 4 is 34.9 Å². The van der Waals surface area contributed by atoms with E-state index in [1.165, 1.54) is 60.9 Å². The second-order valence-corrected chi connectivity index (χ2v) is 7.68. The molecule has 1 radical (unpaired) electrons. The van der Waals surface area contributed by atoms with Gasteiger partial charge in [0.1, 0.15) is 0 Å². The predicted molar refractivity (Wildman–Crippen MR) is 131 cm³/mol. The van der Waals surface area contributed by atoms with Gasteiger partial charge in [0.2, 0.25) is 0 Å². The van der Waals surface area contributed by atoms with Crippen LogP contribution >= 0.6 is 0 Å². The van der Waals surface area contributed by atoms with E-state index in [2.05, 4.69) is 20.6 Å². The third kappa shape index (κ3) is 9.22. The number of aromatic nitrogens is 2. The number of carboxylic acid groups (broad SMARTS) is 2. The molecule has 0 amide bonds. The third-order valence-electron chi connectivity index (χ3n) is 4.85. The number of carbonyl (C=O) groups is 2. The van der Waals surface area contributed by atoms with E-state index in [9.17, 15) is 35.9 Å². The van der Waals surface area contributed by atoms with Gasteiger partial charge in [-0.1, -0.05) is 60.9 Å². The quantitative estimate of drug-likeness (QED) is 0.164. The zero-order chi connectivity index (χ0) is 29.5. The molecular weight excluding hydrogens is 610 g/mol. The minimum atomic E-state index is -4.48. The first kappa shape index (κ1) is 32.6. The van der Waals surface area contributed by atoms with Crippen molar-refractivity contribution in [3.63, 3.8) is 0 Å². The predicted octanol–water partition coefficient (Wildman–Crippen LogP) is 8.27. The maximum absolute atomic E-state index is 12.6. The van der Waals surface area contributed by atoms with Gasteiger partial charge >= 0.3 is 41.4 Å². The van der Waals surface area contributed by atoms with Crippen molar-refractivity contribution in [2.24, 2.45) is 0 Å². The van der Waals surface area contributed by atoms with Crippen LogP contribution in [0.5, 0.6) is 0 Å². The van der Waals surface area contributed by atoms with Gasteiger partial charge in [-0.3, -0.25) is 0 Å². The smallest absolute Gasteiger partial charge is 0.478 e. The summed E-state index contributed by atoms with van der Waals surface area (Å²) >= 11 is 0. The number of halogens is 6. The maximum Gasteiger partial charge on any atom is 2.00 e. The normalized spacial score (nSPS) is 10.9. The number of rotatable bonds is 6. The van der Waals surface area contributed by atoms with E-state index >= 15 is 0 Å². The molecule has 0 aliphatic rings. The zero-order valence-electron chi connectivity index (χ0n) is 20.2. The van der Waals surface area contributed by atoms with Gasteiger partial charge in [-0.15, -0.1) is 0 Å². The van der Waals surface area contributed by atoms with Crippen LogP contribution in [0.15, 0.2) is 85.2 Å². The van der Waals surface area contributed by atoms with E-state index in [1.54, 1.807) is 0 Å². The summed E-state index contributed by atoms with van der Waals surface area (Å²) in [4.78, 5) is 29.4. The second-order valence-electron chi connectivity index (χ2n) is 7.68. The van der Waals surface area contributed by atoms with Crippen LogP contribution < -0.4 is 0 Å². The fraction of sp³-hybridized carbons (Fsp3) is 0.0769. The summed E-state index contributed by atoms with van der Waals surface area (Å²) in [5.74, 6) is -2.77. The molecule has 2 N–H and O–H groups in total. The average molecular weight is 626 g/mol. The number of hydrogen-bond acceptors (Lipinski definition) is 4. The van der Waals surface area contributed by atoms with Crippen LogP contribution in [0, 0.1) is 0 Å². The maximum atomic E-state index is 12.6. The summed E-state index contributed by atoms with van der Waals surface area (Å²) in [6.45, 7) is 0. The molecule has 2 heterocycles. The number of benzene rings is 2. The molecule has 0 saturated carbocycles. The van der Waals surface area contributed by atoms with E-state index in [-0.39, 0.29) is 51.2 Å². The Bertz CT molecular complexity index is 1400. The topological polar surface area (TPSA) is 129 Å². The van der Waals surface area contributed by atoms with Gasteiger partial charge in [-0.05, 0) is 47.3 Å². The van der Waals surface area contributed by atoms with Crippen LogP contribution in [0.1, 0.15) is 31.8 Å². The first-order chi connectivity index (χ1) is 18.8. The molecular formula is C26H16CuF6N4O4. The Kier molecular flexibility index (Phi) is 10.8. The van der Waals surface area contributed by atoms with Crippen LogP contribution in [0.2, 0.25) is 0 Å². The molecule has 8 nitrogen and oxygen atoms in total. The van der Waals surface area contributed by atoms with Crippen LogP contribution in [0.4, 0.5) is 49.4 Å². The van der Waals surface area contributed by atoms with Gasteiger partial charge < -0.3 is 30.8 Å². The Balaban J connectivity index is 0.000000280. The molecule has 0 unspecified atom stereocenters. The van der Waals surface area contributed by atoms with Gasteiger partial charge in [-0.2, -0.15) is 26.3 Å². The Hall–Kier alpha value is -4.62. The zero-order valence-corrected chi connectivity index (χ0v) is 21.1. The first-order valence-electron chi connectivity index (χ1n) is 10.9. The standard InChI is InChI=1S/2C13H9F3N2O2.Cu/c2*14-13(15,16)8-3-1-4-9(7-8)18-11-10(12(19)20)5-2-6-17-11;/h2*1-7H,(H2,17,18,19,20);/q;;+2/p-2. The molecule has 217 valence electrons. The molecule has 0 aliphatic heterocycles. The average Bonchev–Trinajstić information content (AvgIpc) is 2.89. The second kappa shape index (κ2) is 13.6. The molecule has 41 heavy (non-hydrogen) atoms. The molecule has 4 aromatic rings. The van der Waals surface area contributed by atoms with E-state index in [0.29, 0.717) is 0 Å². The molecule has 0 spiro atoms. The van der Waals surface area contributed by atoms with E-state index in [4.69, 9.17) is 10.2 Å². The van der Waals surface area contributed by atoms with Crippen molar-refractivity contribution < 1.29 is 63.2 Å². The molecule has 4 rings (SSSR count). The molecule has 2 aromatic carbocycles. The van der Waals surface area contributed by atoms with Crippen LogP contribution in [0.25, 0.3) is 10.6 Å². The van der Waals surface area contributed by atoms with Gasteiger partial charge in [0.15, 0.2) is 0 Å². The number of pyridine rings is 2. The molecule has 0 fully saturated rings. The summed E-state index contributed by atoms with van der Waals surface area (Å²) in [6, 6.07) is 14.0. The van der Waals surface area contributed by atoms with Crippen molar-refractivity contribution in [1.29, 1.82) is 0 Å². The Morgan fingerprint density at radius 3 is 1.29 bits per heavy atom. The monoisotopic (exact) mass is 625 g/mol. The van der Waals surface area contributed by atoms with E-state index in [0.717, 1.165) is 24.3 Å². The van der Waals surface area contributed by atoms with Crippen molar-refractivity contribution in [3.05, 3.63) is 118 Å². The summed E-state index contributed by atoms with van der Waals surface area (Å²) in [5.41, 5.74) is -2.09. The molecule has 0 atom stereocenters. The van der Waals surface area contributed by atoms with Crippen molar-refractivity contribution in [2.75, 3.05) is 0 Å². The Morgan fingerprint density at radius 2 is 0.976 bits per heavy atom.